The Morgan fingerprint density at radius 3 is 2.65 bits per heavy atom. The van der Waals surface area contributed by atoms with Gasteiger partial charge in [-0.15, -0.1) is 0 Å². The first-order chi connectivity index (χ1) is 12.3. The molecule has 0 unspecified atom stereocenters. The third kappa shape index (κ3) is 5.13. The largest absolute Gasteiger partial charge is 0.495 e. The van der Waals surface area contributed by atoms with Gasteiger partial charge in [-0.2, -0.15) is 0 Å². The number of benzene rings is 1. The summed E-state index contributed by atoms with van der Waals surface area (Å²) in [5, 5.41) is 4.58. The topological polar surface area (TPSA) is 40.9 Å². The predicted octanol–water partition coefficient (Wildman–Crippen LogP) is 4.57. The van der Waals surface area contributed by atoms with Crippen molar-refractivity contribution in [2.24, 2.45) is 0 Å². The second-order valence-electron chi connectivity index (χ2n) is 6.42. The highest BCUT2D eigenvalue weighted by Gasteiger charge is 2.22. The summed E-state index contributed by atoms with van der Waals surface area (Å²) < 4.78 is 11.0. The highest BCUT2D eigenvalue weighted by atomic mass is 35.5. The van der Waals surface area contributed by atoms with Crippen molar-refractivity contribution in [1.29, 1.82) is 0 Å². The van der Waals surface area contributed by atoms with Crippen molar-refractivity contribution in [3.05, 3.63) is 46.9 Å². The molecule has 0 saturated carbocycles. The minimum absolute atomic E-state index is 0.00402. The van der Waals surface area contributed by atoms with Crippen molar-refractivity contribution in [2.75, 3.05) is 39.6 Å². The zero-order valence-electron chi connectivity index (χ0n) is 15.9. The maximum absolute atomic E-state index is 6.20. The zero-order chi connectivity index (χ0) is 19.3. The van der Waals surface area contributed by atoms with Crippen LogP contribution in [0.25, 0.3) is 0 Å². The molecule has 0 spiro atoms. The van der Waals surface area contributed by atoms with E-state index in [1.54, 1.807) is 19.4 Å². The highest BCUT2D eigenvalue weighted by molar-refractivity contribution is 7.80. The van der Waals surface area contributed by atoms with Gasteiger partial charge < -0.3 is 24.3 Å². The zero-order valence-corrected chi connectivity index (χ0v) is 17.4. The first-order valence-electron chi connectivity index (χ1n) is 8.43. The van der Waals surface area contributed by atoms with Crippen LogP contribution < -0.4 is 10.1 Å². The summed E-state index contributed by atoms with van der Waals surface area (Å²) in [6, 6.07) is 7.59. The van der Waals surface area contributed by atoms with Crippen molar-refractivity contribution in [3.8, 4) is 5.75 Å². The van der Waals surface area contributed by atoms with E-state index >= 15 is 0 Å². The molecule has 26 heavy (non-hydrogen) atoms. The Kier molecular flexibility index (Phi) is 7.32. The van der Waals surface area contributed by atoms with Gasteiger partial charge in [-0.25, -0.2) is 0 Å². The Balaban J connectivity index is 2.24. The van der Waals surface area contributed by atoms with Crippen molar-refractivity contribution in [1.82, 2.24) is 9.80 Å². The number of anilines is 1. The van der Waals surface area contributed by atoms with Gasteiger partial charge in [0.25, 0.3) is 0 Å². The lowest BCUT2D eigenvalue weighted by atomic mass is 10.2. The molecule has 1 aromatic carbocycles. The predicted molar refractivity (Wildman–Crippen MR) is 111 cm³/mol. The lowest BCUT2D eigenvalue weighted by Crippen LogP contribution is -2.40. The van der Waals surface area contributed by atoms with Crippen LogP contribution in [0.5, 0.6) is 5.75 Å². The van der Waals surface area contributed by atoms with Gasteiger partial charge in [0.05, 0.1) is 25.1 Å². The molecule has 0 bridgehead atoms. The molecule has 0 saturated heterocycles. The molecular formula is C19H26ClN3O2S. The van der Waals surface area contributed by atoms with E-state index in [1.807, 2.05) is 39.2 Å². The number of rotatable bonds is 7. The van der Waals surface area contributed by atoms with E-state index in [1.165, 1.54) is 0 Å². The smallest absolute Gasteiger partial charge is 0.174 e. The molecule has 5 nitrogen and oxygen atoms in total. The number of aryl methyl sites for hydroxylation is 1. The third-order valence-corrected chi connectivity index (χ3v) is 4.94. The quantitative estimate of drug-likeness (QED) is 0.692. The van der Waals surface area contributed by atoms with Crippen LogP contribution in [-0.4, -0.2) is 49.2 Å². The van der Waals surface area contributed by atoms with Crippen LogP contribution in [0.3, 0.4) is 0 Å². The van der Waals surface area contributed by atoms with Crippen molar-refractivity contribution in [2.45, 2.75) is 19.9 Å². The standard InChI is InChI=1S/C19H26ClN3O2S/c1-13-11-16(18(24-5)12-15(13)20)21-19(26)23(9-8-22(3)4)14(2)17-7-6-10-25-17/h6-7,10-12,14H,8-9H2,1-5H3,(H,21,26)/t14-/m1/s1. The molecule has 0 fully saturated rings. The molecule has 1 atom stereocenters. The number of furan rings is 1. The average Bonchev–Trinajstić information content (AvgIpc) is 3.12. The van der Waals surface area contributed by atoms with Crippen LogP contribution in [0.15, 0.2) is 34.9 Å². The lowest BCUT2D eigenvalue weighted by Gasteiger charge is -2.32. The van der Waals surface area contributed by atoms with Crippen molar-refractivity contribution >= 4 is 34.6 Å². The average molecular weight is 396 g/mol. The Morgan fingerprint density at radius 2 is 2.08 bits per heavy atom. The van der Waals surface area contributed by atoms with E-state index in [0.717, 1.165) is 30.1 Å². The minimum Gasteiger partial charge on any atom is -0.495 e. The van der Waals surface area contributed by atoms with E-state index in [9.17, 15) is 0 Å². The number of methoxy groups -OCH3 is 1. The van der Waals surface area contributed by atoms with Crippen LogP contribution in [-0.2, 0) is 0 Å². The molecule has 0 aliphatic carbocycles. The van der Waals surface area contributed by atoms with Crippen LogP contribution >= 0.6 is 23.8 Å². The maximum atomic E-state index is 6.20. The maximum Gasteiger partial charge on any atom is 0.174 e. The molecule has 142 valence electrons. The molecular weight excluding hydrogens is 370 g/mol. The van der Waals surface area contributed by atoms with E-state index in [2.05, 4.69) is 22.0 Å². The van der Waals surface area contributed by atoms with Gasteiger partial charge in [-0.3, -0.25) is 0 Å². The third-order valence-electron chi connectivity index (χ3n) is 4.19. The number of thiocarbonyl (C=S) groups is 1. The number of ether oxygens (including phenoxy) is 1. The van der Waals surface area contributed by atoms with Gasteiger partial charge in [0, 0.05) is 24.2 Å². The van der Waals surface area contributed by atoms with E-state index in [4.69, 9.17) is 33.0 Å². The summed E-state index contributed by atoms with van der Waals surface area (Å²) in [4.78, 5) is 4.23. The van der Waals surface area contributed by atoms with Gasteiger partial charge in [-0.1, -0.05) is 11.6 Å². The first-order valence-corrected chi connectivity index (χ1v) is 9.22. The van der Waals surface area contributed by atoms with Crippen LogP contribution in [0.2, 0.25) is 5.02 Å². The molecule has 2 rings (SSSR count). The van der Waals surface area contributed by atoms with Gasteiger partial charge in [0.2, 0.25) is 0 Å². The van der Waals surface area contributed by atoms with Crippen molar-refractivity contribution in [3.63, 3.8) is 0 Å². The second kappa shape index (κ2) is 9.26. The monoisotopic (exact) mass is 395 g/mol. The lowest BCUT2D eigenvalue weighted by molar-refractivity contribution is 0.263. The fraction of sp³-hybridized carbons (Fsp3) is 0.421. The summed E-state index contributed by atoms with van der Waals surface area (Å²) >= 11 is 11.9. The fourth-order valence-electron chi connectivity index (χ4n) is 2.58. The van der Waals surface area contributed by atoms with E-state index < -0.39 is 0 Å². The Hall–Kier alpha value is -1.76. The first kappa shape index (κ1) is 20.6. The summed E-state index contributed by atoms with van der Waals surface area (Å²) in [6.07, 6.45) is 1.68. The normalized spacial score (nSPS) is 12.1. The number of nitrogens with one attached hydrogen (secondary N) is 1. The summed E-state index contributed by atoms with van der Waals surface area (Å²) in [5.74, 6) is 1.52. The van der Waals surface area contributed by atoms with Gasteiger partial charge in [0.1, 0.15) is 11.5 Å². The summed E-state index contributed by atoms with van der Waals surface area (Å²) in [6.45, 7) is 5.65. The summed E-state index contributed by atoms with van der Waals surface area (Å²) in [7, 11) is 5.69. The number of likely N-dealkylation sites (N-methyl/N-ethyl adjacent to an activating group) is 1. The molecule has 1 N–H and O–H groups in total. The highest BCUT2D eigenvalue weighted by Crippen LogP contribution is 2.32. The van der Waals surface area contributed by atoms with Gasteiger partial charge in [-0.05, 0) is 63.9 Å². The van der Waals surface area contributed by atoms with Crippen LogP contribution in [0.1, 0.15) is 24.3 Å². The Labute approximate surface area is 165 Å². The Bertz CT molecular complexity index is 735. The van der Waals surface area contributed by atoms with Gasteiger partial charge >= 0.3 is 0 Å². The summed E-state index contributed by atoms with van der Waals surface area (Å²) in [5.41, 5.74) is 1.75. The molecule has 2 aromatic rings. The number of nitrogens with zero attached hydrogens (tertiary/aromatic N) is 2. The molecule has 1 aromatic heterocycles. The molecule has 0 aliphatic rings. The van der Waals surface area contributed by atoms with Crippen LogP contribution in [0.4, 0.5) is 5.69 Å². The molecule has 7 heteroatoms. The van der Waals surface area contributed by atoms with Gasteiger partial charge in [0.15, 0.2) is 5.11 Å². The minimum atomic E-state index is 0.00402. The SMILES string of the molecule is COc1cc(Cl)c(C)cc1NC(=S)N(CCN(C)C)[C@H](C)c1ccco1. The number of halogens is 1. The Morgan fingerprint density at radius 1 is 1.35 bits per heavy atom. The second-order valence-corrected chi connectivity index (χ2v) is 7.21. The van der Waals surface area contributed by atoms with Crippen LogP contribution in [0, 0.1) is 6.92 Å². The molecule has 1 heterocycles. The molecule has 0 radical (unpaired) electrons. The van der Waals surface area contributed by atoms with E-state index in [-0.39, 0.29) is 6.04 Å². The number of hydrogen-bond donors (Lipinski definition) is 1. The molecule has 0 amide bonds. The molecule has 0 aliphatic heterocycles. The van der Waals surface area contributed by atoms with Crippen molar-refractivity contribution < 1.29 is 9.15 Å². The number of hydrogen-bond acceptors (Lipinski definition) is 4. The fourth-order valence-corrected chi connectivity index (χ4v) is 3.09. The van der Waals surface area contributed by atoms with E-state index in [0.29, 0.717) is 15.9 Å².